The Balaban J connectivity index is 1.48. The standard InChI is InChI=1S/C33H45N5O4/c1-30(2,3)41-28(39)25(27-36-22-13-7-8-14-23(22)37-27)32(34)16-18-33(19-17-32,29(40)42-31(4,5)6)38-24-15-9-11-21-12-10-20-35-26(21)24/h7-8,10,12-14,20,24-25,38H,9,11,15-19,34H2,1-6H3,(H,36,37)/t24?,25?,32-,33-. The maximum Gasteiger partial charge on any atom is 0.326 e. The number of nitrogens with two attached hydrogens (primary N) is 1. The van der Waals surface area contributed by atoms with Crippen LogP contribution in [0.5, 0.6) is 0 Å². The van der Waals surface area contributed by atoms with Crippen molar-refractivity contribution in [3.05, 3.63) is 59.7 Å². The number of pyridine rings is 1. The Bertz CT molecular complexity index is 1410. The zero-order chi connectivity index (χ0) is 30.3. The molecule has 226 valence electrons. The number of benzene rings is 1. The van der Waals surface area contributed by atoms with Gasteiger partial charge in [0.1, 0.15) is 28.5 Å². The first-order valence-electron chi connectivity index (χ1n) is 15.1. The minimum atomic E-state index is -0.994. The van der Waals surface area contributed by atoms with E-state index in [0.717, 1.165) is 36.0 Å². The molecule has 0 amide bonds. The molecular formula is C33H45N5O4. The summed E-state index contributed by atoms with van der Waals surface area (Å²) in [6.45, 7) is 11.2. The molecule has 4 N–H and O–H groups in total. The van der Waals surface area contributed by atoms with E-state index in [2.05, 4.69) is 16.4 Å². The normalized spacial score (nSPS) is 25.5. The van der Waals surface area contributed by atoms with Crippen LogP contribution < -0.4 is 11.1 Å². The van der Waals surface area contributed by atoms with Gasteiger partial charge in [-0.25, -0.2) is 4.98 Å². The van der Waals surface area contributed by atoms with Gasteiger partial charge >= 0.3 is 11.9 Å². The van der Waals surface area contributed by atoms with Crippen molar-refractivity contribution in [3.8, 4) is 0 Å². The van der Waals surface area contributed by atoms with Gasteiger partial charge in [0, 0.05) is 11.7 Å². The molecule has 2 aliphatic rings. The Labute approximate surface area is 248 Å². The molecule has 0 spiro atoms. The van der Waals surface area contributed by atoms with Crippen molar-refractivity contribution in [2.24, 2.45) is 5.73 Å². The lowest BCUT2D eigenvalue weighted by Gasteiger charge is -2.48. The number of carbonyl (C=O) groups excluding carboxylic acids is 2. The number of aromatic amines is 1. The molecule has 2 heterocycles. The monoisotopic (exact) mass is 575 g/mol. The van der Waals surface area contributed by atoms with Crippen LogP contribution in [-0.4, -0.2) is 49.2 Å². The summed E-state index contributed by atoms with van der Waals surface area (Å²) in [5.74, 6) is -1.07. The number of para-hydroxylation sites is 2. The van der Waals surface area contributed by atoms with Gasteiger partial charge in [-0.3, -0.25) is 19.9 Å². The van der Waals surface area contributed by atoms with Gasteiger partial charge in [0.25, 0.3) is 0 Å². The molecule has 42 heavy (non-hydrogen) atoms. The number of ether oxygens (including phenoxy) is 2. The predicted octanol–water partition coefficient (Wildman–Crippen LogP) is 5.40. The summed E-state index contributed by atoms with van der Waals surface area (Å²) >= 11 is 0. The van der Waals surface area contributed by atoms with E-state index >= 15 is 0 Å². The maximum atomic E-state index is 14.0. The number of H-pyrrole nitrogens is 1. The van der Waals surface area contributed by atoms with Crippen LogP contribution in [-0.2, 0) is 25.5 Å². The van der Waals surface area contributed by atoms with E-state index < -0.39 is 34.2 Å². The molecule has 2 aliphatic carbocycles. The number of carbonyl (C=O) groups is 2. The van der Waals surface area contributed by atoms with Crippen molar-refractivity contribution >= 4 is 23.0 Å². The van der Waals surface area contributed by atoms with Crippen molar-refractivity contribution < 1.29 is 19.1 Å². The molecule has 1 fully saturated rings. The Morgan fingerprint density at radius 3 is 2.36 bits per heavy atom. The number of aromatic nitrogens is 3. The van der Waals surface area contributed by atoms with E-state index in [1.807, 2.05) is 78.1 Å². The summed E-state index contributed by atoms with van der Waals surface area (Å²) in [5, 5.41) is 3.72. The number of nitrogens with one attached hydrogen (secondary N) is 2. The van der Waals surface area contributed by atoms with Crippen LogP contribution in [0.2, 0.25) is 0 Å². The second-order valence-corrected chi connectivity index (χ2v) is 14.1. The molecule has 1 saturated carbocycles. The van der Waals surface area contributed by atoms with Crippen LogP contribution in [0, 0.1) is 0 Å². The maximum absolute atomic E-state index is 14.0. The average molecular weight is 576 g/mol. The molecule has 0 aliphatic heterocycles. The van der Waals surface area contributed by atoms with E-state index in [1.165, 1.54) is 5.56 Å². The Kier molecular flexibility index (Phi) is 7.96. The van der Waals surface area contributed by atoms with Crippen LogP contribution in [0.15, 0.2) is 42.6 Å². The highest BCUT2D eigenvalue weighted by molar-refractivity contribution is 5.84. The number of imidazole rings is 1. The first kappa shape index (κ1) is 30.2. The first-order chi connectivity index (χ1) is 19.7. The number of fused-ring (bicyclic) bond motifs is 2. The van der Waals surface area contributed by atoms with E-state index in [1.54, 1.807) is 0 Å². The van der Waals surface area contributed by atoms with Gasteiger partial charge in [-0.1, -0.05) is 18.2 Å². The van der Waals surface area contributed by atoms with Gasteiger partial charge in [0.2, 0.25) is 0 Å². The number of hydrogen-bond donors (Lipinski definition) is 3. The molecule has 2 atom stereocenters. The van der Waals surface area contributed by atoms with Crippen LogP contribution >= 0.6 is 0 Å². The molecule has 2 aromatic heterocycles. The molecule has 1 aromatic carbocycles. The second-order valence-electron chi connectivity index (χ2n) is 14.1. The molecular weight excluding hydrogens is 530 g/mol. The van der Waals surface area contributed by atoms with Gasteiger partial charge in [-0.05, 0) is 110 Å². The molecule has 3 aromatic rings. The van der Waals surface area contributed by atoms with Crippen LogP contribution in [0.3, 0.4) is 0 Å². The fourth-order valence-electron chi connectivity index (χ4n) is 6.39. The number of rotatable bonds is 6. The third-order valence-electron chi connectivity index (χ3n) is 8.37. The highest BCUT2D eigenvalue weighted by Crippen LogP contribution is 2.45. The van der Waals surface area contributed by atoms with E-state index in [4.69, 9.17) is 25.2 Å². The predicted molar refractivity (Wildman–Crippen MR) is 162 cm³/mol. The summed E-state index contributed by atoms with van der Waals surface area (Å²) < 4.78 is 11.9. The average Bonchev–Trinajstić information content (AvgIpc) is 3.31. The Hall–Kier alpha value is -3.30. The number of hydrogen-bond acceptors (Lipinski definition) is 8. The molecule has 0 radical (unpaired) electrons. The van der Waals surface area contributed by atoms with Crippen molar-refractivity contribution in [1.82, 2.24) is 20.3 Å². The van der Waals surface area contributed by atoms with Crippen LogP contribution in [0.4, 0.5) is 0 Å². The smallest absolute Gasteiger partial charge is 0.326 e. The molecule has 0 saturated heterocycles. The van der Waals surface area contributed by atoms with Crippen LogP contribution in [0.25, 0.3) is 11.0 Å². The lowest BCUT2D eigenvalue weighted by molar-refractivity contribution is -0.166. The lowest BCUT2D eigenvalue weighted by Crippen LogP contribution is -2.63. The van der Waals surface area contributed by atoms with Crippen molar-refractivity contribution in [1.29, 1.82) is 0 Å². The van der Waals surface area contributed by atoms with E-state index in [-0.39, 0.29) is 12.0 Å². The SMILES string of the molecule is CC(C)(C)OC(=O)C(c1nc2ccccc2[nH]1)[C@]1(N)CC[C@@](NC2CCCc3cccnc32)(C(=O)OC(C)(C)C)CC1. The third-order valence-corrected chi connectivity index (χ3v) is 8.37. The van der Waals surface area contributed by atoms with E-state index in [0.29, 0.717) is 31.5 Å². The molecule has 2 unspecified atom stereocenters. The Morgan fingerprint density at radius 2 is 1.69 bits per heavy atom. The number of nitrogens with zero attached hydrogens (tertiary/aromatic N) is 2. The minimum Gasteiger partial charge on any atom is -0.459 e. The number of aryl methyl sites for hydroxylation is 1. The van der Waals surface area contributed by atoms with Crippen LogP contribution in [0.1, 0.15) is 109 Å². The highest BCUT2D eigenvalue weighted by Gasteiger charge is 2.54. The summed E-state index contributed by atoms with van der Waals surface area (Å²) in [4.78, 5) is 40.5. The van der Waals surface area contributed by atoms with Crippen molar-refractivity contribution in [3.63, 3.8) is 0 Å². The van der Waals surface area contributed by atoms with Gasteiger partial charge in [-0.15, -0.1) is 0 Å². The van der Waals surface area contributed by atoms with Gasteiger partial charge in [0.05, 0.1) is 22.8 Å². The van der Waals surface area contributed by atoms with Crippen molar-refractivity contribution in [2.45, 2.75) is 121 Å². The molecule has 0 bridgehead atoms. The summed E-state index contributed by atoms with van der Waals surface area (Å²) in [7, 11) is 0. The summed E-state index contributed by atoms with van der Waals surface area (Å²) in [5.41, 5.74) is 7.65. The number of esters is 2. The lowest BCUT2D eigenvalue weighted by atomic mass is 9.66. The van der Waals surface area contributed by atoms with Crippen molar-refractivity contribution in [2.75, 3.05) is 0 Å². The molecule has 5 rings (SSSR count). The summed E-state index contributed by atoms with van der Waals surface area (Å²) in [6, 6.07) is 11.7. The minimum absolute atomic E-state index is 0.0789. The quantitative estimate of drug-likeness (QED) is 0.333. The molecule has 9 nitrogen and oxygen atoms in total. The van der Waals surface area contributed by atoms with Gasteiger partial charge in [0.15, 0.2) is 0 Å². The first-order valence-corrected chi connectivity index (χ1v) is 15.1. The van der Waals surface area contributed by atoms with Gasteiger partial charge < -0.3 is 20.2 Å². The zero-order valence-electron chi connectivity index (χ0n) is 25.8. The highest BCUT2D eigenvalue weighted by atomic mass is 16.6. The Morgan fingerprint density at radius 1 is 1.00 bits per heavy atom. The topological polar surface area (TPSA) is 132 Å². The fourth-order valence-corrected chi connectivity index (χ4v) is 6.39. The van der Waals surface area contributed by atoms with E-state index in [9.17, 15) is 9.59 Å². The van der Waals surface area contributed by atoms with Gasteiger partial charge in [-0.2, -0.15) is 0 Å². The third kappa shape index (κ3) is 6.37. The second kappa shape index (κ2) is 11.1. The fraction of sp³-hybridized carbons (Fsp3) is 0.576. The summed E-state index contributed by atoms with van der Waals surface area (Å²) in [6.07, 6.45) is 6.25. The zero-order valence-corrected chi connectivity index (χ0v) is 25.8. The largest absolute Gasteiger partial charge is 0.459 e. The molecule has 9 heteroatoms.